The van der Waals surface area contributed by atoms with Crippen LogP contribution in [0.5, 0.6) is 0 Å². The van der Waals surface area contributed by atoms with E-state index >= 15 is 0 Å². The molecule has 3 aromatic rings. The number of esters is 1. The summed E-state index contributed by atoms with van der Waals surface area (Å²) in [5.41, 5.74) is 3.01. The first-order valence-corrected chi connectivity index (χ1v) is 7.97. The van der Waals surface area contributed by atoms with E-state index in [4.69, 9.17) is 4.74 Å². The van der Waals surface area contributed by atoms with Crippen molar-refractivity contribution in [1.29, 1.82) is 0 Å². The van der Waals surface area contributed by atoms with E-state index in [1.54, 1.807) is 12.1 Å². The molecule has 122 valence electrons. The van der Waals surface area contributed by atoms with Crippen LogP contribution in [-0.2, 0) is 24.1 Å². The Bertz CT molecular complexity index is 792. The average Bonchev–Trinajstić information content (AvgIpc) is 3.08. The topological polar surface area (TPSA) is 44.1 Å². The van der Waals surface area contributed by atoms with Gasteiger partial charge in [-0.15, -0.1) is 0 Å². The Labute approximate surface area is 141 Å². The molecule has 0 spiro atoms. The molecule has 2 aromatic carbocycles. The van der Waals surface area contributed by atoms with E-state index in [9.17, 15) is 4.79 Å². The SMILES string of the molecule is COC(=O)c1ccc(Cn2ccnc2CCc2ccccc2)cc1. The molecular weight excluding hydrogens is 300 g/mol. The normalized spacial score (nSPS) is 10.5. The lowest BCUT2D eigenvalue weighted by atomic mass is 10.1. The highest BCUT2D eigenvalue weighted by Crippen LogP contribution is 2.11. The zero-order valence-corrected chi connectivity index (χ0v) is 13.7. The van der Waals surface area contributed by atoms with Crippen LogP contribution in [0.1, 0.15) is 27.3 Å². The standard InChI is InChI=1S/C20H20N2O2/c1-24-20(23)18-10-7-17(8-11-18)15-22-14-13-21-19(22)12-9-16-5-3-2-4-6-16/h2-8,10-11,13-14H,9,12,15H2,1H3. The van der Waals surface area contributed by atoms with Gasteiger partial charge in [-0.05, 0) is 29.7 Å². The summed E-state index contributed by atoms with van der Waals surface area (Å²) in [4.78, 5) is 16.0. The molecule has 0 unspecified atom stereocenters. The van der Waals surface area contributed by atoms with E-state index in [-0.39, 0.29) is 5.97 Å². The molecule has 24 heavy (non-hydrogen) atoms. The molecule has 0 N–H and O–H groups in total. The lowest BCUT2D eigenvalue weighted by Gasteiger charge is -2.09. The third-order valence-electron chi connectivity index (χ3n) is 4.01. The quantitative estimate of drug-likeness (QED) is 0.653. The predicted octanol–water partition coefficient (Wildman–Crippen LogP) is 3.50. The maximum atomic E-state index is 11.5. The Morgan fingerprint density at radius 3 is 2.46 bits per heavy atom. The zero-order chi connectivity index (χ0) is 16.8. The first-order chi connectivity index (χ1) is 11.8. The van der Waals surface area contributed by atoms with E-state index in [2.05, 4.69) is 33.8 Å². The van der Waals surface area contributed by atoms with Gasteiger partial charge < -0.3 is 9.30 Å². The number of aryl methyl sites for hydroxylation is 2. The summed E-state index contributed by atoms with van der Waals surface area (Å²) in [5, 5.41) is 0. The number of carbonyl (C=O) groups excluding carboxylic acids is 1. The number of hydrogen-bond acceptors (Lipinski definition) is 3. The Morgan fingerprint density at radius 1 is 1.00 bits per heavy atom. The van der Waals surface area contributed by atoms with Crippen molar-refractivity contribution in [3.63, 3.8) is 0 Å². The van der Waals surface area contributed by atoms with Gasteiger partial charge in [-0.1, -0.05) is 42.5 Å². The van der Waals surface area contributed by atoms with Crippen LogP contribution in [-0.4, -0.2) is 22.6 Å². The van der Waals surface area contributed by atoms with Crippen LogP contribution in [0, 0.1) is 0 Å². The van der Waals surface area contributed by atoms with Gasteiger partial charge in [-0.3, -0.25) is 0 Å². The molecule has 0 amide bonds. The van der Waals surface area contributed by atoms with Crippen LogP contribution in [0.15, 0.2) is 67.0 Å². The number of methoxy groups -OCH3 is 1. The molecule has 3 rings (SSSR count). The summed E-state index contributed by atoms with van der Waals surface area (Å²) < 4.78 is 6.87. The van der Waals surface area contributed by atoms with Gasteiger partial charge in [0.05, 0.1) is 12.7 Å². The highest BCUT2D eigenvalue weighted by molar-refractivity contribution is 5.89. The maximum absolute atomic E-state index is 11.5. The van der Waals surface area contributed by atoms with Crippen LogP contribution in [0.2, 0.25) is 0 Å². The Kier molecular flexibility index (Phi) is 5.06. The lowest BCUT2D eigenvalue weighted by Crippen LogP contribution is -2.06. The summed E-state index contributed by atoms with van der Waals surface area (Å²) in [5.74, 6) is 0.753. The molecule has 0 fully saturated rings. The first-order valence-electron chi connectivity index (χ1n) is 7.97. The number of nitrogens with zero attached hydrogens (tertiary/aromatic N) is 2. The van der Waals surface area contributed by atoms with E-state index in [0.29, 0.717) is 5.56 Å². The van der Waals surface area contributed by atoms with Gasteiger partial charge in [-0.2, -0.15) is 0 Å². The fourth-order valence-electron chi connectivity index (χ4n) is 2.67. The zero-order valence-electron chi connectivity index (χ0n) is 13.7. The number of hydrogen-bond donors (Lipinski definition) is 0. The molecule has 0 aliphatic heterocycles. The highest BCUT2D eigenvalue weighted by Gasteiger charge is 2.07. The van der Waals surface area contributed by atoms with Gasteiger partial charge in [0.25, 0.3) is 0 Å². The number of carbonyl (C=O) groups is 1. The van der Waals surface area contributed by atoms with Crippen molar-refractivity contribution in [1.82, 2.24) is 9.55 Å². The second kappa shape index (κ2) is 7.59. The fourth-order valence-corrected chi connectivity index (χ4v) is 2.67. The third kappa shape index (κ3) is 3.90. The second-order valence-corrected chi connectivity index (χ2v) is 5.65. The van der Waals surface area contributed by atoms with Crippen molar-refractivity contribution in [3.8, 4) is 0 Å². The van der Waals surface area contributed by atoms with E-state index in [1.165, 1.54) is 12.7 Å². The number of aromatic nitrogens is 2. The highest BCUT2D eigenvalue weighted by atomic mass is 16.5. The minimum Gasteiger partial charge on any atom is -0.465 e. The molecule has 1 aromatic heterocycles. The molecule has 0 saturated carbocycles. The molecule has 0 bridgehead atoms. The van der Waals surface area contributed by atoms with Crippen molar-refractivity contribution in [2.24, 2.45) is 0 Å². The summed E-state index contributed by atoms with van der Waals surface area (Å²) in [7, 11) is 1.39. The molecule has 4 nitrogen and oxygen atoms in total. The fraction of sp³-hybridized carbons (Fsp3) is 0.200. The monoisotopic (exact) mass is 320 g/mol. The summed E-state index contributed by atoms with van der Waals surface area (Å²) in [6.07, 6.45) is 5.70. The molecular formula is C20H20N2O2. The van der Waals surface area contributed by atoms with Gasteiger partial charge in [0.1, 0.15) is 5.82 Å². The number of ether oxygens (including phenoxy) is 1. The minimum absolute atomic E-state index is 0.312. The Hall–Kier alpha value is -2.88. The predicted molar refractivity (Wildman–Crippen MR) is 93.0 cm³/mol. The number of imidazole rings is 1. The number of rotatable bonds is 6. The summed E-state index contributed by atoms with van der Waals surface area (Å²) in [6, 6.07) is 17.9. The molecule has 0 saturated heterocycles. The van der Waals surface area contributed by atoms with E-state index in [0.717, 1.165) is 30.8 Å². The number of benzene rings is 2. The van der Waals surface area contributed by atoms with Crippen molar-refractivity contribution >= 4 is 5.97 Å². The second-order valence-electron chi connectivity index (χ2n) is 5.65. The van der Waals surface area contributed by atoms with Crippen LogP contribution in [0.25, 0.3) is 0 Å². The van der Waals surface area contributed by atoms with Crippen molar-refractivity contribution in [3.05, 3.63) is 89.5 Å². The smallest absolute Gasteiger partial charge is 0.337 e. The van der Waals surface area contributed by atoms with Crippen molar-refractivity contribution in [2.45, 2.75) is 19.4 Å². The van der Waals surface area contributed by atoms with Crippen molar-refractivity contribution in [2.75, 3.05) is 7.11 Å². The molecule has 4 heteroatoms. The van der Waals surface area contributed by atoms with Gasteiger partial charge >= 0.3 is 5.97 Å². The van der Waals surface area contributed by atoms with Crippen LogP contribution >= 0.6 is 0 Å². The van der Waals surface area contributed by atoms with Crippen LogP contribution in [0.4, 0.5) is 0 Å². The summed E-state index contributed by atoms with van der Waals surface area (Å²) >= 11 is 0. The lowest BCUT2D eigenvalue weighted by molar-refractivity contribution is 0.0600. The molecule has 1 heterocycles. The Morgan fingerprint density at radius 2 is 1.75 bits per heavy atom. The first kappa shape index (κ1) is 16.0. The Balaban J connectivity index is 1.66. The van der Waals surface area contributed by atoms with E-state index in [1.807, 2.05) is 30.6 Å². The van der Waals surface area contributed by atoms with Crippen molar-refractivity contribution < 1.29 is 9.53 Å². The summed E-state index contributed by atoms with van der Waals surface area (Å²) in [6.45, 7) is 0.742. The molecule has 0 aliphatic rings. The van der Waals surface area contributed by atoms with Gasteiger partial charge in [0.15, 0.2) is 0 Å². The molecule has 0 aliphatic carbocycles. The van der Waals surface area contributed by atoms with Crippen LogP contribution in [0.3, 0.4) is 0 Å². The van der Waals surface area contributed by atoms with Gasteiger partial charge in [0, 0.05) is 25.4 Å². The van der Waals surface area contributed by atoms with Crippen LogP contribution < -0.4 is 0 Å². The largest absolute Gasteiger partial charge is 0.465 e. The molecule has 0 atom stereocenters. The minimum atomic E-state index is -0.312. The van der Waals surface area contributed by atoms with E-state index < -0.39 is 0 Å². The third-order valence-corrected chi connectivity index (χ3v) is 4.01. The van der Waals surface area contributed by atoms with Gasteiger partial charge in [0.2, 0.25) is 0 Å². The average molecular weight is 320 g/mol. The van der Waals surface area contributed by atoms with Gasteiger partial charge in [-0.25, -0.2) is 9.78 Å². The molecule has 0 radical (unpaired) electrons. The maximum Gasteiger partial charge on any atom is 0.337 e.